The monoisotopic (exact) mass is 800 g/mol. The summed E-state index contributed by atoms with van der Waals surface area (Å²) in [7, 11) is 6.89. The Morgan fingerprint density at radius 1 is 0.627 bits per heavy atom. The summed E-state index contributed by atoms with van der Waals surface area (Å²) in [5.74, 6) is -0.593. The molecule has 4 N–H and O–H groups in total. The van der Waals surface area contributed by atoms with Gasteiger partial charge in [-0.25, -0.2) is 4.79 Å². The minimum atomic E-state index is -0.989. The van der Waals surface area contributed by atoms with Crippen LogP contribution in [-0.4, -0.2) is 80.7 Å². The Balaban J connectivity index is 1.53. The highest BCUT2D eigenvalue weighted by molar-refractivity contribution is 5.88. The number of carbonyl (C=O) groups is 3. The molecule has 0 heterocycles. The number of hydrogen-bond donors (Lipinski definition) is 4. The molecule has 0 radical (unpaired) electrons. The van der Waals surface area contributed by atoms with Gasteiger partial charge >= 0.3 is 11.9 Å². The van der Waals surface area contributed by atoms with Crippen LogP contribution in [0.1, 0.15) is 40.7 Å². The molecule has 5 aromatic carbocycles. The lowest BCUT2D eigenvalue weighted by Gasteiger charge is -2.30. The van der Waals surface area contributed by atoms with Crippen LogP contribution in [0.15, 0.2) is 127 Å². The predicted molar refractivity (Wildman–Crippen MR) is 230 cm³/mol. The SMILES string of the molecule is CNCCC[C@H](NC)C(=O)N(C)[C@@H](Cc1cc(-c2ccc(OCc3ccccc3)c(C[C@H](NC)C(=O)O)c2)ccc1OCc1ccccc1)C(=O)OCc1ccccc1. The molecule has 0 aliphatic heterocycles. The van der Waals surface area contributed by atoms with Gasteiger partial charge in [0.15, 0.2) is 0 Å². The highest BCUT2D eigenvalue weighted by Gasteiger charge is 2.33. The van der Waals surface area contributed by atoms with Gasteiger partial charge in [-0.3, -0.25) is 9.59 Å². The van der Waals surface area contributed by atoms with Crippen molar-refractivity contribution in [3.8, 4) is 22.6 Å². The molecule has 0 bridgehead atoms. The van der Waals surface area contributed by atoms with Crippen molar-refractivity contribution in [3.63, 3.8) is 0 Å². The number of benzene rings is 5. The minimum absolute atomic E-state index is 0.0542. The molecule has 59 heavy (non-hydrogen) atoms. The van der Waals surface area contributed by atoms with Crippen LogP contribution in [0.25, 0.3) is 11.1 Å². The van der Waals surface area contributed by atoms with Gasteiger partial charge in [0.25, 0.3) is 0 Å². The third kappa shape index (κ3) is 13.0. The van der Waals surface area contributed by atoms with E-state index in [1.807, 2.05) is 134 Å². The fourth-order valence-electron chi connectivity index (χ4n) is 6.81. The summed E-state index contributed by atoms with van der Waals surface area (Å²) >= 11 is 0. The van der Waals surface area contributed by atoms with E-state index in [1.54, 1.807) is 21.1 Å². The number of carboxylic acids is 1. The summed E-state index contributed by atoms with van der Waals surface area (Å²) in [5.41, 5.74) is 5.83. The Morgan fingerprint density at radius 3 is 1.56 bits per heavy atom. The molecule has 0 saturated carbocycles. The summed E-state index contributed by atoms with van der Waals surface area (Å²) in [6.07, 6.45) is 1.63. The van der Waals surface area contributed by atoms with Gasteiger partial charge in [-0.1, -0.05) is 103 Å². The van der Waals surface area contributed by atoms with Crippen molar-refractivity contribution in [1.82, 2.24) is 20.9 Å². The maximum Gasteiger partial charge on any atom is 0.329 e. The fraction of sp³-hybridized carbons (Fsp3) is 0.312. The lowest BCUT2D eigenvalue weighted by Crippen LogP contribution is -2.51. The predicted octanol–water partition coefficient (Wildman–Crippen LogP) is 6.43. The molecule has 5 aromatic rings. The number of ether oxygens (including phenoxy) is 3. The van der Waals surface area contributed by atoms with E-state index in [2.05, 4.69) is 16.0 Å². The summed E-state index contributed by atoms with van der Waals surface area (Å²) in [5, 5.41) is 19.1. The van der Waals surface area contributed by atoms with Gasteiger partial charge in [-0.2, -0.15) is 0 Å². The van der Waals surface area contributed by atoms with Crippen molar-refractivity contribution in [3.05, 3.63) is 155 Å². The Kier molecular flexibility index (Phi) is 17.0. The first kappa shape index (κ1) is 44.1. The number of hydrogen-bond acceptors (Lipinski definition) is 9. The van der Waals surface area contributed by atoms with Crippen molar-refractivity contribution in [2.45, 2.75) is 63.6 Å². The number of nitrogens with zero attached hydrogens (tertiary/aromatic N) is 1. The van der Waals surface area contributed by atoms with E-state index >= 15 is 0 Å². The topological polar surface area (TPSA) is 138 Å². The Morgan fingerprint density at radius 2 is 1.10 bits per heavy atom. The van der Waals surface area contributed by atoms with E-state index in [0.717, 1.165) is 46.3 Å². The van der Waals surface area contributed by atoms with Gasteiger partial charge in [-0.05, 0) is 104 Å². The number of carbonyl (C=O) groups excluding carboxylic acids is 2. The molecule has 0 saturated heterocycles. The van der Waals surface area contributed by atoms with E-state index in [-0.39, 0.29) is 32.0 Å². The zero-order valence-corrected chi connectivity index (χ0v) is 34.4. The summed E-state index contributed by atoms with van der Waals surface area (Å²) in [6.45, 7) is 1.41. The average molecular weight is 801 g/mol. The molecule has 0 aliphatic carbocycles. The van der Waals surface area contributed by atoms with Crippen LogP contribution >= 0.6 is 0 Å². The number of amides is 1. The molecule has 5 rings (SSSR count). The number of aliphatic carboxylic acids is 1. The van der Waals surface area contributed by atoms with Gasteiger partial charge in [-0.15, -0.1) is 0 Å². The van der Waals surface area contributed by atoms with Crippen LogP contribution < -0.4 is 25.4 Å². The molecule has 0 aromatic heterocycles. The Labute approximate surface area is 347 Å². The van der Waals surface area contributed by atoms with Crippen LogP contribution in [0, 0.1) is 0 Å². The standard InChI is InChI=1S/C48H56N4O7/c1-49-26-14-21-41(50-2)46(53)52(4)43(48(56)59-33-36-19-12-7-13-20-36)30-40-28-38(23-25-45(40)58-32-35-17-10-6-11-18-35)37-22-24-44(57-31-34-15-8-5-9-16-34)39(27-37)29-42(51-3)47(54)55/h5-13,15-20,22-25,27-28,41-43,49-51H,14,21,26,29-33H2,1-4H3,(H,54,55)/t41-,42-,43-/m0/s1. The van der Waals surface area contributed by atoms with E-state index in [4.69, 9.17) is 14.2 Å². The zero-order valence-electron chi connectivity index (χ0n) is 34.4. The second kappa shape index (κ2) is 22.8. The zero-order chi connectivity index (χ0) is 42.0. The van der Waals surface area contributed by atoms with Crippen LogP contribution in [0.4, 0.5) is 0 Å². The van der Waals surface area contributed by atoms with E-state index in [0.29, 0.717) is 30.1 Å². The first-order chi connectivity index (χ1) is 28.7. The van der Waals surface area contributed by atoms with Gasteiger partial charge < -0.3 is 40.2 Å². The van der Waals surface area contributed by atoms with Gasteiger partial charge in [0.2, 0.25) is 5.91 Å². The van der Waals surface area contributed by atoms with E-state index in [9.17, 15) is 19.5 Å². The van der Waals surface area contributed by atoms with Crippen molar-refractivity contribution < 1.29 is 33.7 Å². The van der Waals surface area contributed by atoms with Crippen molar-refractivity contribution in [1.29, 1.82) is 0 Å². The largest absolute Gasteiger partial charge is 0.489 e. The van der Waals surface area contributed by atoms with E-state index < -0.39 is 30.1 Å². The summed E-state index contributed by atoms with van der Waals surface area (Å²) < 4.78 is 18.6. The number of rotatable bonds is 23. The smallest absolute Gasteiger partial charge is 0.329 e. The Hall–Kier alpha value is -6.01. The maximum absolute atomic E-state index is 14.2. The van der Waals surface area contributed by atoms with Crippen molar-refractivity contribution >= 4 is 17.8 Å². The number of carboxylic acid groups (broad SMARTS) is 1. The Bertz CT molecular complexity index is 2080. The van der Waals surface area contributed by atoms with Crippen LogP contribution in [0.2, 0.25) is 0 Å². The number of likely N-dealkylation sites (N-methyl/N-ethyl adjacent to an activating group) is 3. The van der Waals surface area contributed by atoms with Gasteiger partial charge in [0, 0.05) is 19.9 Å². The molecule has 1 amide bonds. The third-order valence-electron chi connectivity index (χ3n) is 10.3. The van der Waals surface area contributed by atoms with Crippen LogP contribution in [0.3, 0.4) is 0 Å². The lowest BCUT2D eigenvalue weighted by molar-refractivity contribution is -0.156. The van der Waals surface area contributed by atoms with Crippen LogP contribution in [-0.2, 0) is 51.8 Å². The highest BCUT2D eigenvalue weighted by atomic mass is 16.5. The molecule has 0 fully saturated rings. The quantitative estimate of drug-likeness (QED) is 0.0432. The van der Waals surface area contributed by atoms with Crippen molar-refractivity contribution in [2.75, 3.05) is 34.7 Å². The number of esters is 1. The maximum atomic E-state index is 14.2. The fourth-order valence-corrected chi connectivity index (χ4v) is 6.81. The minimum Gasteiger partial charge on any atom is -0.489 e. The third-order valence-corrected chi connectivity index (χ3v) is 10.3. The highest BCUT2D eigenvalue weighted by Crippen LogP contribution is 2.33. The van der Waals surface area contributed by atoms with Crippen molar-refractivity contribution in [2.24, 2.45) is 0 Å². The molecule has 0 unspecified atom stereocenters. The van der Waals surface area contributed by atoms with Crippen LogP contribution in [0.5, 0.6) is 11.5 Å². The summed E-state index contributed by atoms with van der Waals surface area (Å²) in [6, 6.07) is 38.2. The molecule has 0 spiro atoms. The van der Waals surface area contributed by atoms with Gasteiger partial charge in [0.05, 0.1) is 6.04 Å². The second-order valence-corrected chi connectivity index (χ2v) is 14.4. The summed E-state index contributed by atoms with van der Waals surface area (Å²) in [4.78, 5) is 41.9. The molecule has 11 heteroatoms. The molecule has 310 valence electrons. The average Bonchev–Trinajstić information content (AvgIpc) is 3.27. The molecule has 0 aliphatic rings. The molecular formula is C48H56N4O7. The second-order valence-electron chi connectivity index (χ2n) is 14.4. The molecular weight excluding hydrogens is 745 g/mol. The lowest BCUT2D eigenvalue weighted by atomic mass is 9.95. The first-order valence-electron chi connectivity index (χ1n) is 20.0. The number of nitrogens with one attached hydrogen (secondary N) is 3. The molecule has 11 nitrogen and oxygen atoms in total. The normalized spacial score (nSPS) is 12.5. The van der Waals surface area contributed by atoms with E-state index in [1.165, 1.54) is 4.90 Å². The first-order valence-corrected chi connectivity index (χ1v) is 20.0. The molecule has 3 atom stereocenters. The van der Waals surface area contributed by atoms with Gasteiger partial charge in [0.1, 0.15) is 43.4 Å².